The summed E-state index contributed by atoms with van der Waals surface area (Å²) in [5, 5.41) is 7.31. The zero-order chi connectivity index (χ0) is 15.5. The second kappa shape index (κ2) is 6.01. The Balaban J connectivity index is 1.74. The standard InChI is InChI=1S/C19H16N4/c1-2-6-14(7-3-1)18-12-15(9-11-21-18)16-13-22-23-19(16)17-8-4-5-10-20-17/h1-8,10,12-13H,9,11H2,(H,22,23). The summed E-state index contributed by atoms with van der Waals surface area (Å²) in [6.45, 7) is 0.795. The molecular formula is C19H16N4. The van der Waals surface area contributed by atoms with Gasteiger partial charge in [-0.25, -0.2) is 0 Å². The predicted molar refractivity (Wildman–Crippen MR) is 92.3 cm³/mol. The lowest BCUT2D eigenvalue weighted by Gasteiger charge is -2.14. The van der Waals surface area contributed by atoms with E-state index in [1.165, 1.54) is 5.57 Å². The van der Waals surface area contributed by atoms with E-state index in [9.17, 15) is 0 Å². The fraction of sp³-hybridized carbons (Fsp3) is 0.105. The van der Waals surface area contributed by atoms with Crippen LogP contribution in [0, 0.1) is 0 Å². The minimum atomic E-state index is 0.795. The lowest BCUT2D eigenvalue weighted by molar-refractivity contribution is 1.01. The van der Waals surface area contributed by atoms with E-state index in [0.717, 1.165) is 41.2 Å². The van der Waals surface area contributed by atoms with Gasteiger partial charge in [0, 0.05) is 18.3 Å². The van der Waals surface area contributed by atoms with Gasteiger partial charge in [-0.05, 0) is 35.8 Å². The first-order valence-corrected chi connectivity index (χ1v) is 7.67. The maximum absolute atomic E-state index is 4.66. The SMILES string of the molecule is C1=C(c2cn[nH]c2-c2ccccn2)CCN=C1c1ccccc1. The molecule has 1 aliphatic heterocycles. The van der Waals surface area contributed by atoms with Crippen LogP contribution in [-0.4, -0.2) is 27.4 Å². The van der Waals surface area contributed by atoms with Crippen LogP contribution in [-0.2, 0) is 0 Å². The van der Waals surface area contributed by atoms with E-state index in [2.05, 4.69) is 38.4 Å². The number of hydrogen-bond donors (Lipinski definition) is 1. The van der Waals surface area contributed by atoms with Crippen molar-refractivity contribution in [2.24, 2.45) is 4.99 Å². The average Bonchev–Trinajstić information content (AvgIpc) is 3.13. The summed E-state index contributed by atoms with van der Waals surface area (Å²) in [6.07, 6.45) is 6.75. The normalized spacial score (nSPS) is 14.3. The highest BCUT2D eigenvalue weighted by Gasteiger charge is 2.16. The Kier molecular flexibility index (Phi) is 3.56. The number of pyridine rings is 1. The van der Waals surface area contributed by atoms with Crippen LogP contribution in [0.15, 0.2) is 72.0 Å². The van der Waals surface area contributed by atoms with Crippen molar-refractivity contribution in [3.63, 3.8) is 0 Å². The molecule has 112 valence electrons. The molecule has 0 spiro atoms. The van der Waals surface area contributed by atoms with Crippen molar-refractivity contribution < 1.29 is 0 Å². The summed E-state index contributed by atoms with van der Waals surface area (Å²) < 4.78 is 0. The van der Waals surface area contributed by atoms with Crippen LogP contribution in [0.1, 0.15) is 17.5 Å². The Morgan fingerprint density at radius 3 is 2.65 bits per heavy atom. The van der Waals surface area contributed by atoms with Crippen LogP contribution in [0.5, 0.6) is 0 Å². The van der Waals surface area contributed by atoms with Crippen molar-refractivity contribution in [2.45, 2.75) is 6.42 Å². The summed E-state index contributed by atoms with van der Waals surface area (Å²) in [6, 6.07) is 16.2. The third-order valence-electron chi connectivity index (χ3n) is 3.95. The molecule has 0 fully saturated rings. The fourth-order valence-corrected chi connectivity index (χ4v) is 2.81. The van der Waals surface area contributed by atoms with Gasteiger partial charge in [-0.1, -0.05) is 36.4 Å². The third kappa shape index (κ3) is 2.71. The van der Waals surface area contributed by atoms with Gasteiger partial charge in [-0.2, -0.15) is 5.10 Å². The zero-order valence-corrected chi connectivity index (χ0v) is 12.6. The molecule has 3 heterocycles. The van der Waals surface area contributed by atoms with Crippen molar-refractivity contribution in [1.29, 1.82) is 0 Å². The van der Waals surface area contributed by atoms with Gasteiger partial charge < -0.3 is 0 Å². The lowest BCUT2D eigenvalue weighted by Crippen LogP contribution is -2.06. The fourth-order valence-electron chi connectivity index (χ4n) is 2.81. The lowest BCUT2D eigenvalue weighted by atomic mass is 9.96. The molecule has 4 nitrogen and oxygen atoms in total. The molecule has 0 aliphatic carbocycles. The monoisotopic (exact) mass is 300 g/mol. The van der Waals surface area contributed by atoms with Crippen molar-refractivity contribution >= 4 is 11.3 Å². The van der Waals surface area contributed by atoms with Crippen molar-refractivity contribution in [2.75, 3.05) is 6.54 Å². The van der Waals surface area contributed by atoms with E-state index >= 15 is 0 Å². The summed E-state index contributed by atoms with van der Waals surface area (Å²) in [4.78, 5) is 9.08. The summed E-state index contributed by atoms with van der Waals surface area (Å²) in [7, 11) is 0. The van der Waals surface area contributed by atoms with E-state index in [1.807, 2.05) is 42.6 Å². The zero-order valence-electron chi connectivity index (χ0n) is 12.6. The number of dihydropyridines is 1. The van der Waals surface area contributed by atoms with Gasteiger partial charge in [0.05, 0.1) is 23.3 Å². The van der Waals surface area contributed by atoms with E-state index in [-0.39, 0.29) is 0 Å². The van der Waals surface area contributed by atoms with Gasteiger partial charge in [0.2, 0.25) is 0 Å². The average molecular weight is 300 g/mol. The minimum Gasteiger partial charge on any atom is -0.284 e. The summed E-state index contributed by atoms with van der Waals surface area (Å²) >= 11 is 0. The molecule has 0 saturated carbocycles. The molecule has 2 aromatic heterocycles. The molecular weight excluding hydrogens is 284 g/mol. The Labute approximate surface area is 134 Å². The Morgan fingerprint density at radius 1 is 0.957 bits per heavy atom. The third-order valence-corrected chi connectivity index (χ3v) is 3.95. The van der Waals surface area contributed by atoms with Crippen LogP contribution < -0.4 is 0 Å². The first-order valence-electron chi connectivity index (χ1n) is 7.67. The minimum absolute atomic E-state index is 0.795. The number of aromatic amines is 1. The van der Waals surface area contributed by atoms with Crippen LogP contribution in [0.2, 0.25) is 0 Å². The Hall–Kier alpha value is -3.01. The van der Waals surface area contributed by atoms with Crippen LogP contribution >= 0.6 is 0 Å². The van der Waals surface area contributed by atoms with Gasteiger partial charge in [0.25, 0.3) is 0 Å². The molecule has 1 N–H and O–H groups in total. The molecule has 1 aliphatic rings. The molecule has 4 rings (SSSR count). The van der Waals surface area contributed by atoms with E-state index in [0.29, 0.717) is 0 Å². The van der Waals surface area contributed by atoms with Crippen molar-refractivity contribution in [3.05, 3.63) is 78.1 Å². The number of aliphatic imine (C=N–C) groups is 1. The smallest absolute Gasteiger partial charge is 0.0909 e. The molecule has 0 bridgehead atoms. The number of aromatic nitrogens is 3. The quantitative estimate of drug-likeness (QED) is 0.801. The van der Waals surface area contributed by atoms with E-state index < -0.39 is 0 Å². The summed E-state index contributed by atoms with van der Waals surface area (Å²) in [5.74, 6) is 0. The van der Waals surface area contributed by atoms with Gasteiger partial charge in [-0.15, -0.1) is 0 Å². The molecule has 0 unspecified atom stereocenters. The van der Waals surface area contributed by atoms with E-state index in [1.54, 1.807) is 6.20 Å². The number of nitrogens with one attached hydrogen (secondary N) is 1. The molecule has 3 aromatic rings. The molecule has 0 saturated heterocycles. The molecule has 23 heavy (non-hydrogen) atoms. The van der Waals surface area contributed by atoms with Crippen molar-refractivity contribution in [3.8, 4) is 11.4 Å². The largest absolute Gasteiger partial charge is 0.284 e. The number of hydrogen-bond acceptors (Lipinski definition) is 3. The second-order valence-corrected chi connectivity index (χ2v) is 5.43. The molecule has 0 amide bonds. The van der Waals surface area contributed by atoms with Gasteiger partial charge >= 0.3 is 0 Å². The maximum atomic E-state index is 4.66. The maximum Gasteiger partial charge on any atom is 0.0909 e. The van der Waals surface area contributed by atoms with Gasteiger partial charge in [0.15, 0.2) is 0 Å². The predicted octanol–water partition coefficient (Wildman–Crippen LogP) is 3.75. The molecule has 0 radical (unpaired) electrons. The van der Waals surface area contributed by atoms with Gasteiger partial charge in [-0.3, -0.25) is 15.1 Å². The highest BCUT2D eigenvalue weighted by Crippen LogP contribution is 2.29. The first kappa shape index (κ1) is 13.6. The van der Waals surface area contributed by atoms with Crippen molar-refractivity contribution in [1.82, 2.24) is 15.2 Å². The summed E-state index contributed by atoms with van der Waals surface area (Å²) in [5.41, 5.74) is 6.39. The number of nitrogens with zero attached hydrogens (tertiary/aromatic N) is 3. The topological polar surface area (TPSA) is 53.9 Å². The molecule has 1 aromatic carbocycles. The van der Waals surface area contributed by atoms with Crippen LogP contribution in [0.4, 0.5) is 0 Å². The number of allylic oxidation sites excluding steroid dienone is 1. The number of rotatable bonds is 3. The Morgan fingerprint density at radius 2 is 1.83 bits per heavy atom. The Bertz CT molecular complexity index is 861. The highest BCUT2D eigenvalue weighted by atomic mass is 15.1. The van der Waals surface area contributed by atoms with E-state index in [4.69, 9.17) is 0 Å². The van der Waals surface area contributed by atoms with Crippen LogP contribution in [0.3, 0.4) is 0 Å². The van der Waals surface area contributed by atoms with Crippen LogP contribution in [0.25, 0.3) is 17.0 Å². The molecule has 0 atom stereocenters. The number of H-pyrrole nitrogens is 1. The second-order valence-electron chi connectivity index (χ2n) is 5.43. The van der Waals surface area contributed by atoms with Gasteiger partial charge in [0.1, 0.15) is 0 Å². The molecule has 4 heteroatoms. The highest BCUT2D eigenvalue weighted by molar-refractivity contribution is 6.13. The number of benzene rings is 1. The first-order chi connectivity index (χ1) is 11.4.